The molecule has 20 heavy (non-hydrogen) atoms. The highest BCUT2D eigenvalue weighted by Crippen LogP contribution is 2.15. The second-order valence-electron chi connectivity index (χ2n) is 4.02. The van der Waals surface area contributed by atoms with E-state index in [0.717, 1.165) is 12.1 Å². The Labute approximate surface area is 115 Å². The molecule has 0 fully saturated rings. The molecular formula is C11H15F2N3O3S. The Hall–Kier alpha value is -1.74. The number of nitrogens with two attached hydrogens (primary N) is 1. The molecule has 0 aliphatic rings. The number of halogens is 2. The lowest BCUT2D eigenvalue weighted by Gasteiger charge is -2.07. The average molecular weight is 307 g/mol. The van der Waals surface area contributed by atoms with Crippen LogP contribution in [-0.4, -0.2) is 26.0 Å². The van der Waals surface area contributed by atoms with E-state index in [0.29, 0.717) is 25.3 Å². The minimum Gasteiger partial charge on any atom is -0.409 e. The Kier molecular flexibility index (Phi) is 5.83. The van der Waals surface area contributed by atoms with Crippen LogP contribution < -0.4 is 10.5 Å². The summed E-state index contributed by atoms with van der Waals surface area (Å²) in [6.07, 6.45) is 1.26. The van der Waals surface area contributed by atoms with Crippen molar-refractivity contribution in [3.8, 4) is 0 Å². The zero-order valence-electron chi connectivity index (χ0n) is 10.5. The van der Waals surface area contributed by atoms with Crippen molar-refractivity contribution >= 4 is 15.9 Å². The van der Waals surface area contributed by atoms with Gasteiger partial charge in [0.1, 0.15) is 22.4 Å². The van der Waals surface area contributed by atoms with Gasteiger partial charge in [0.25, 0.3) is 0 Å². The van der Waals surface area contributed by atoms with Crippen molar-refractivity contribution in [2.45, 2.75) is 24.2 Å². The largest absolute Gasteiger partial charge is 0.409 e. The zero-order chi connectivity index (χ0) is 15.2. The van der Waals surface area contributed by atoms with Gasteiger partial charge in [-0.05, 0) is 25.0 Å². The Morgan fingerprint density at radius 3 is 2.65 bits per heavy atom. The van der Waals surface area contributed by atoms with E-state index >= 15 is 0 Å². The third kappa shape index (κ3) is 4.74. The fourth-order valence-corrected chi connectivity index (χ4v) is 2.59. The van der Waals surface area contributed by atoms with Crippen molar-refractivity contribution in [1.82, 2.24) is 4.72 Å². The monoisotopic (exact) mass is 307 g/mol. The van der Waals surface area contributed by atoms with Crippen LogP contribution in [0.1, 0.15) is 19.3 Å². The minimum atomic E-state index is -4.02. The van der Waals surface area contributed by atoms with E-state index in [-0.39, 0.29) is 12.4 Å². The maximum atomic E-state index is 13.4. The van der Waals surface area contributed by atoms with Crippen LogP contribution in [0.25, 0.3) is 0 Å². The number of sulfonamides is 1. The third-order valence-electron chi connectivity index (χ3n) is 2.46. The topological polar surface area (TPSA) is 105 Å². The maximum Gasteiger partial charge on any atom is 0.243 e. The lowest BCUT2D eigenvalue weighted by Crippen LogP contribution is -2.26. The molecule has 0 amide bonds. The van der Waals surface area contributed by atoms with E-state index in [1.807, 2.05) is 0 Å². The molecule has 0 aliphatic carbocycles. The lowest BCUT2D eigenvalue weighted by molar-refractivity contribution is 0.316. The van der Waals surface area contributed by atoms with Crippen molar-refractivity contribution in [3.63, 3.8) is 0 Å². The summed E-state index contributed by atoms with van der Waals surface area (Å²) >= 11 is 0. The normalized spacial score (nSPS) is 12.6. The van der Waals surface area contributed by atoms with Gasteiger partial charge in [-0.3, -0.25) is 0 Å². The van der Waals surface area contributed by atoms with Crippen LogP contribution in [-0.2, 0) is 10.0 Å². The molecule has 0 saturated carbocycles. The number of hydrogen-bond acceptors (Lipinski definition) is 4. The van der Waals surface area contributed by atoms with Gasteiger partial charge in [0.2, 0.25) is 10.0 Å². The molecule has 0 saturated heterocycles. The van der Waals surface area contributed by atoms with Crippen molar-refractivity contribution in [2.24, 2.45) is 10.9 Å². The van der Waals surface area contributed by atoms with Gasteiger partial charge >= 0.3 is 0 Å². The van der Waals surface area contributed by atoms with E-state index in [4.69, 9.17) is 10.9 Å². The Morgan fingerprint density at radius 2 is 2.05 bits per heavy atom. The minimum absolute atomic E-state index is 0.0532. The molecule has 0 bridgehead atoms. The zero-order valence-corrected chi connectivity index (χ0v) is 11.3. The molecule has 0 aromatic heterocycles. The molecule has 0 unspecified atom stereocenters. The summed E-state index contributed by atoms with van der Waals surface area (Å²) < 4.78 is 51.8. The molecule has 4 N–H and O–H groups in total. The van der Waals surface area contributed by atoms with Gasteiger partial charge < -0.3 is 10.9 Å². The molecular weight excluding hydrogens is 292 g/mol. The van der Waals surface area contributed by atoms with E-state index in [1.54, 1.807) is 0 Å². The van der Waals surface area contributed by atoms with Gasteiger partial charge in [0.05, 0.1) is 0 Å². The van der Waals surface area contributed by atoms with Crippen molar-refractivity contribution in [3.05, 3.63) is 29.8 Å². The third-order valence-corrected chi connectivity index (χ3v) is 3.96. The number of benzene rings is 1. The fraction of sp³-hybridized carbons (Fsp3) is 0.364. The first kappa shape index (κ1) is 16.3. The predicted molar refractivity (Wildman–Crippen MR) is 68.8 cm³/mol. The summed E-state index contributed by atoms with van der Waals surface area (Å²) in [4.78, 5) is -0.602. The van der Waals surface area contributed by atoms with Crippen LogP contribution in [0.2, 0.25) is 0 Å². The molecule has 112 valence electrons. The van der Waals surface area contributed by atoms with Gasteiger partial charge in [0, 0.05) is 19.0 Å². The van der Waals surface area contributed by atoms with Crippen LogP contribution >= 0.6 is 0 Å². The summed E-state index contributed by atoms with van der Waals surface area (Å²) in [6.45, 7) is 0.0673. The highest BCUT2D eigenvalue weighted by Gasteiger charge is 2.18. The quantitative estimate of drug-likeness (QED) is 0.231. The number of hydrogen-bond donors (Lipinski definition) is 3. The number of nitrogens with one attached hydrogen (secondary N) is 1. The van der Waals surface area contributed by atoms with Crippen LogP contribution in [0.4, 0.5) is 8.78 Å². The molecule has 9 heteroatoms. The van der Waals surface area contributed by atoms with Crippen molar-refractivity contribution < 1.29 is 22.4 Å². The standard InChI is InChI=1S/C11H15F2N3O3S/c12-8-4-5-10(9(13)7-8)20(18,19)15-6-2-1-3-11(14)16-17/h4-5,7,15,17H,1-3,6H2,(H2,14,16). The number of nitrogens with zero attached hydrogens (tertiary/aromatic N) is 1. The predicted octanol–water partition coefficient (Wildman–Crippen LogP) is 1.16. The smallest absolute Gasteiger partial charge is 0.243 e. The second-order valence-corrected chi connectivity index (χ2v) is 5.76. The Balaban J connectivity index is 2.54. The first-order chi connectivity index (χ1) is 9.36. The van der Waals surface area contributed by atoms with E-state index < -0.39 is 26.6 Å². The lowest BCUT2D eigenvalue weighted by atomic mass is 10.2. The highest BCUT2D eigenvalue weighted by molar-refractivity contribution is 7.89. The number of amidine groups is 1. The highest BCUT2D eigenvalue weighted by atomic mass is 32.2. The summed E-state index contributed by atoms with van der Waals surface area (Å²) in [6, 6.07) is 2.24. The molecule has 0 heterocycles. The molecule has 0 aliphatic heterocycles. The summed E-state index contributed by atoms with van der Waals surface area (Å²) in [5, 5.41) is 11.1. The maximum absolute atomic E-state index is 13.4. The summed E-state index contributed by atoms with van der Waals surface area (Å²) in [5.74, 6) is -1.94. The van der Waals surface area contributed by atoms with Crippen molar-refractivity contribution in [2.75, 3.05) is 6.54 Å². The molecule has 1 aromatic rings. The van der Waals surface area contributed by atoms with Gasteiger partial charge in [-0.1, -0.05) is 5.16 Å². The molecule has 1 aromatic carbocycles. The first-order valence-electron chi connectivity index (χ1n) is 5.78. The fourth-order valence-electron chi connectivity index (χ4n) is 1.46. The first-order valence-corrected chi connectivity index (χ1v) is 7.26. The van der Waals surface area contributed by atoms with Crippen LogP contribution in [0.5, 0.6) is 0 Å². The van der Waals surface area contributed by atoms with Gasteiger partial charge in [-0.15, -0.1) is 0 Å². The molecule has 0 spiro atoms. The van der Waals surface area contributed by atoms with Crippen LogP contribution in [0.3, 0.4) is 0 Å². The van der Waals surface area contributed by atoms with Crippen LogP contribution in [0.15, 0.2) is 28.3 Å². The molecule has 6 nitrogen and oxygen atoms in total. The van der Waals surface area contributed by atoms with E-state index in [1.165, 1.54) is 0 Å². The van der Waals surface area contributed by atoms with Crippen molar-refractivity contribution in [1.29, 1.82) is 0 Å². The second kappa shape index (κ2) is 7.15. The van der Waals surface area contributed by atoms with E-state index in [2.05, 4.69) is 9.88 Å². The molecule has 1 rings (SSSR count). The number of oxime groups is 1. The van der Waals surface area contributed by atoms with Gasteiger partial charge in [0.15, 0.2) is 0 Å². The summed E-state index contributed by atoms with van der Waals surface area (Å²) in [5.41, 5.74) is 5.24. The van der Waals surface area contributed by atoms with Crippen LogP contribution in [0, 0.1) is 11.6 Å². The molecule has 0 radical (unpaired) electrons. The average Bonchev–Trinajstić information content (AvgIpc) is 2.37. The number of rotatable bonds is 7. The SMILES string of the molecule is NC(CCCCNS(=O)(=O)c1ccc(F)cc1F)=NO. The van der Waals surface area contributed by atoms with Gasteiger partial charge in [-0.2, -0.15) is 0 Å². The molecule has 0 atom stereocenters. The van der Waals surface area contributed by atoms with Gasteiger partial charge in [-0.25, -0.2) is 21.9 Å². The summed E-state index contributed by atoms with van der Waals surface area (Å²) in [7, 11) is -4.02. The van der Waals surface area contributed by atoms with E-state index in [9.17, 15) is 17.2 Å². The Morgan fingerprint density at radius 1 is 1.35 bits per heavy atom. The Bertz CT molecular complexity index is 591. The number of unbranched alkanes of at least 4 members (excludes halogenated alkanes) is 1.